The topological polar surface area (TPSA) is 35.6 Å². The molecule has 0 N–H and O–H groups in total. The van der Waals surface area contributed by atoms with Crippen LogP contribution in [-0.2, 0) is 0 Å². The van der Waals surface area contributed by atoms with E-state index in [-0.39, 0.29) is 0 Å². The van der Waals surface area contributed by atoms with Crippen molar-refractivity contribution in [3.63, 3.8) is 0 Å². The Hall–Kier alpha value is -6.26. The second-order valence-corrected chi connectivity index (χ2v) is 11.8. The lowest BCUT2D eigenvalue weighted by Gasteiger charge is -2.15. The van der Waals surface area contributed by atoms with E-state index in [1.807, 2.05) is 12.1 Å². The molecule has 7 aromatic carbocycles. The maximum atomic E-state index is 5.42. The van der Waals surface area contributed by atoms with Gasteiger partial charge in [0.25, 0.3) is 0 Å². The molecule has 0 saturated heterocycles. The molecule has 4 nitrogen and oxygen atoms in total. The first-order valence-corrected chi connectivity index (χ1v) is 15.6. The molecular formula is C42H26N4. The van der Waals surface area contributed by atoms with E-state index in [2.05, 4.69) is 155 Å². The van der Waals surface area contributed by atoms with Gasteiger partial charge in [0.15, 0.2) is 5.82 Å². The van der Waals surface area contributed by atoms with Gasteiger partial charge in [0.05, 0.1) is 33.1 Å². The van der Waals surface area contributed by atoms with Crippen LogP contribution < -0.4 is 0 Å². The van der Waals surface area contributed by atoms with Crippen LogP contribution in [0.1, 0.15) is 0 Å². The molecule has 10 rings (SSSR count). The second kappa shape index (κ2) is 9.62. The molecule has 0 aliphatic rings. The van der Waals surface area contributed by atoms with Gasteiger partial charge in [-0.3, -0.25) is 4.57 Å². The van der Waals surface area contributed by atoms with E-state index in [1.165, 1.54) is 32.3 Å². The highest BCUT2D eigenvalue weighted by Gasteiger charge is 2.23. The van der Waals surface area contributed by atoms with Crippen LogP contribution in [-0.4, -0.2) is 19.1 Å². The third-order valence-corrected chi connectivity index (χ3v) is 9.27. The predicted octanol–water partition coefficient (Wildman–Crippen LogP) is 10.6. The third kappa shape index (κ3) is 3.55. The Kier molecular flexibility index (Phi) is 5.25. The Labute approximate surface area is 264 Å². The van der Waals surface area contributed by atoms with E-state index in [4.69, 9.17) is 9.97 Å². The molecule has 46 heavy (non-hydrogen) atoms. The van der Waals surface area contributed by atoms with E-state index in [0.29, 0.717) is 0 Å². The van der Waals surface area contributed by atoms with Crippen molar-refractivity contribution in [2.75, 3.05) is 0 Å². The maximum Gasteiger partial charge on any atom is 0.165 e. The summed E-state index contributed by atoms with van der Waals surface area (Å²) in [4.78, 5) is 10.8. The summed E-state index contributed by atoms with van der Waals surface area (Å²) in [6, 6.07) is 55.8. The lowest BCUT2D eigenvalue weighted by molar-refractivity contribution is 1.08. The van der Waals surface area contributed by atoms with Crippen molar-refractivity contribution >= 4 is 65.4 Å². The van der Waals surface area contributed by atoms with Crippen LogP contribution in [0.4, 0.5) is 0 Å². The van der Waals surface area contributed by atoms with Gasteiger partial charge in [0.1, 0.15) is 5.69 Å². The monoisotopic (exact) mass is 586 g/mol. The summed E-state index contributed by atoms with van der Waals surface area (Å²) < 4.78 is 4.68. The third-order valence-electron chi connectivity index (χ3n) is 9.27. The molecular weight excluding hydrogens is 560 g/mol. The van der Waals surface area contributed by atoms with Gasteiger partial charge in [-0.05, 0) is 65.4 Å². The summed E-state index contributed by atoms with van der Waals surface area (Å²) in [6.07, 6.45) is 0. The van der Waals surface area contributed by atoms with Gasteiger partial charge >= 0.3 is 0 Å². The van der Waals surface area contributed by atoms with Gasteiger partial charge in [0.2, 0.25) is 0 Å². The molecule has 3 heterocycles. The largest absolute Gasteiger partial charge is 0.309 e. The van der Waals surface area contributed by atoms with Gasteiger partial charge in [-0.2, -0.15) is 0 Å². The van der Waals surface area contributed by atoms with Crippen molar-refractivity contribution in [3.8, 4) is 22.8 Å². The molecule has 0 atom stereocenters. The number of hydrogen-bond donors (Lipinski definition) is 0. The minimum Gasteiger partial charge on any atom is -0.309 e. The smallest absolute Gasteiger partial charge is 0.165 e. The van der Waals surface area contributed by atoms with E-state index >= 15 is 0 Å². The number of benzene rings is 7. The maximum absolute atomic E-state index is 5.42. The highest BCUT2D eigenvalue weighted by Crippen LogP contribution is 2.42. The number of rotatable bonds is 3. The summed E-state index contributed by atoms with van der Waals surface area (Å²) in [5.74, 6) is 0.823. The van der Waals surface area contributed by atoms with Crippen LogP contribution in [0.3, 0.4) is 0 Å². The average molecular weight is 587 g/mol. The van der Waals surface area contributed by atoms with Gasteiger partial charge in [-0.15, -0.1) is 0 Å². The van der Waals surface area contributed by atoms with Crippen LogP contribution in [0.25, 0.3) is 88.2 Å². The summed E-state index contributed by atoms with van der Waals surface area (Å²) in [5.41, 5.74) is 9.31. The molecule has 4 heteroatoms. The number of hydrogen-bond acceptors (Lipinski definition) is 2. The van der Waals surface area contributed by atoms with Crippen LogP contribution in [0.2, 0.25) is 0 Å². The summed E-state index contributed by atoms with van der Waals surface area (Å²) >= 11 is 0. The summed E-state index contributed by atoms with van der Waals surface area (Å²) in [5, 5.41) is 7.17. The number of para-hydroxylation sites is 5. The fraction of sp³-hybridized carbons (Fsp3) is 0. The zero-order chi connectivity index (χ0) is 30.2. The molecule has 0 aliphatic carbocycles. The van der Waals surface area contributed by atoms with Gasteiger partial charge in [-0.1, -0.05) is 103 Å². The first-order valence-electron chi connectivity index (χ1n) is 15.6. The molecule has 214 valence electrons. The normalized spacial score (nSPS) is 11.9. The molecule has 0 fully saturated rings. The quantitative estimate of drug-likeness (QED) is 0.206. The Bertz CT molecular complexity index is 2810. The SMILES string of the molecule is c1ccc(-n2c3ccccc3c3c(-c4nc5ccccc5nc4-n4c5ccccc5c5cc6ccccc6cc54)cccc32)cc1. The molecule has 3 aromatic heterocycles. The minimum absolute atomic E-state index is 0.823. The summed E-state index contributed by atoms with van der Waals surface area (Å²) in [7, 11) is 0. The fourth-order valence-corrected chi connectivity index (χ4v) is 7.28. The van der Waals surface area contributed by atoms with Crippen LogP contribution in [0.15, 0.2) is 158 Å². The number of aromatic nitrogens is 4. The van der Waals surface area contributed by atoms with Crippen molar-refractivity contribution in [2.45, 2.75) is 0 Å². The Morgan fingerprint density at radius 1 is 0.391 bits per heavy atom. The zero-order valence-electron chi connectivity index (χ0n) is 24.8. The molecule has 10 aromatic rings. The molecule has 0 spiro atoms. The molecule has 0 saturated carbocycles. The zero-order valence-corrected chi connectivity index (χ0v) is 24.8. The Balaban J connectivity index is 1.38. The van der Waals surface area contributed by atoms with E-state index in [1.54, 1.807) is 0 Å². The molecule has 0 unspecified atom stereocenters. The fourth-order valence-electron chi connectivity index (χ4n) is 7.28. The predicted molar refractivity (Wildman–Crippen MR) is 191 cm³/mol. The van der Waals surface area contributed by atoms with E-state index < -0.39 is 0 Å². The van der Waals surface area contributed by atoms with E-state index in [9.17, 15) is 0 Å². The minimum atomic E-state index is 0.823. The molecule has 0 amide bonds. The van der Waals surface area contributed by atoms with Crippen LogP contribution in [0, 0.1) is 0 Å². The number of nitrogens with zero attached hydrogens (tertiary/aromatic N) is 4. The standard InChI is InChI=1S/C42H26N4/c1-2-15-29(16-3-1)45-37-23-11-7-18-31(37)40-32(19-12-24-38(40)45)41-42(44-35-21-9-8-20-34(35)43-41)46-36-22-10-6-17-30(36)33-25-27-13-4-5-14-28(27)26-39(33)46/h1-26H. The molecule has 0 bridgehead atoms. The molecule has 0 aliphatic heterocycles. The highest BCUT2D eigenvalue weighted by molar-refractivity contribution is 6.17. The van der Waals surface area contributed by atoms with Gasteiger partial charge < -0.3 is 4.57 Å². The van der Waals surface area contributed by atoms with Crippen LogP contribution in [0.5, 0.6) is 0 Å². The van der Waals surface area contributed by atoms with Crippen molar-refractivity contribution < 1.29 is 0 Å². The number of fused-ring (bicyclic) bond motifs is 8. The Morgan fingerprint density at radius 2 is 1.00 bits per heavy atom. The lowest BCUT2D eigenvalue weighted by atomic mass is 10.0. The first-order chi connectivity index (χ1) is 22.8. The summed E-state index contributed by atoms with van der Waals surface area (Å²) in [6.45, 7) is 0. The van der Waals surface area contributed by atoms with Crippen molar-refractivity contribution in [1.29, 1.82) is 0 Å². The van der Waals surface area contributed by atoms with E-state index in [0.717, 1.165) is 55.9 Å². The second-order valence-electron chi connectivity index (χ2n) is 11.8. The molecule has 0 radical (unpaired) electrons. The average Bonchev–Trinajstić information content (AvgIpc) is 3.63. The van der Waals surface area contributed by atoms with Crippen molar-refractivity contribution in [3.05, 3.63) is 158 Å². The van der Waals surface area contributed by atoms with Gasteiger partial charge in [-0.25, -0.2) is 9.97 Å². The lowest BCUT2D eigenvalue weighted by Crippen LogP contribution is -2.04. The van der Waals surface area contributed by atoms with Crippen LogP contribution >= 0.6 is 0 Å². The van der Waals surface area contributed by atoms with Crippen molar-refractivity contribution in [2.24, 2.45) is 0 Å². The van der Waals surface area contributed by atoms with Crippen molar-refractivity contribution in [1.82, 2.24) is 19.1 Å². The van der Waals surface area contributed by atoms with Gasteiger partial charge in [0, 0.05) is 32.8 Å². The Morgan fingerprint density at radius 3 is 1.80 bits per heavy atom. The highest BCUT2D eigenvalue weighted by atomic mass is 15.1. The first kappa shape index (κ1) is 25.1.